The molecule has 2 aromatic carbocycles. The van der Waals surface area contributed by atoms with Crippen molar-refractivity contribution in [3.63, 3.8) is 0 Å². The van der Waals surface area contributed by atoms with Crippen molar-refractivity contribution in [3.05, 3.63) is 48.0 Å². The van der Waals surface area contributed by atoms with Gasteiger partial charge in [-0.25, -0.2) is 4.79 Å². The molecule has 0 aromatic heterocycles. The second-order valence-electron chi connectivity index (χ2n) is 5.56. The van der Waals surface area contributed by atoms with Crippen molar-refractivity contribution < 1.29 is 23.9 Å². The molecule has 0 radical (unpaired) electrons. The van der Waals surface area contributed by atoms with Crippen LogP contribution < -0.4 is 5.32 Å². The largest absolute Gasteiger partial charge is 0.469 e. The minimum absolute atomic E-state index is 0.0372. The Balaban J connectivity index is 2.13. The smallest absolute Gasteiger partial charge is 0.328 e. The molecule has 2 aromatic rings. The molecule has 0 fully saturated rings. The standard InChI is InChI=1S/C19H21NO5/c1-24-18(22)11-10-17(21)20-16(19(23)25-2)12-14-8-5-7-13-6-3-4-9-15(13)14/h3-9,16H,10-12H2,1-2H3,(H,20,21)/t16-/m1/s1. The van der Waals surface area contributed by atoms with Crippen molar-refractivity contribution in [2.45, 2.75) is 25.3 Å². The van der Waals surface area contributed by atoms with Gasteiger partial charge in [0.1, 0.15) is 6.04 Å². The van der Waals surface area contributed by atoms with Gasteiger partial charge in [0.15, 0.2) is 0 Å². The quantitative estimate of drug-likeness (QED) is 0.778. The van der Waals surface area contributed by atoms with Crippen LogP contribution in [0.2, 0.25) is 0 Å². The van der Waals surface area contributed by atoms with Gasteiger partial charge in [-0.1, -0.05) is 42.5 Å². The molecule has 1 amide bonds. The minimum atomic E-state index is -0.819. The first-order chi connectivity index (χ1) is 12.0. The molecular weight excluding hydrogens is 322 g/mol. The molecule has 1 atom stereocenters. The Labute approximate surface area is 146 Å². The second-order valence-corrected chi connectivity index (χ2v) is 5.56. The summed E-state index contributed by atoms with van der Waals surface area (Å²) in [6.07, 6.45) is 0.220. The van der Waals surface area contributed by atoms with Crippen LogP contribution in [0.1, 0.15) is 18.4 Å². The number of carbonyl (C=O) groups is 3. The molecule has 0 aliphatic carbocycles. The monoisotopic (exact) mass is 343 g/mol. The van der Waals surface area contributed by atoms with E-state index in [4.69, 9.17) is 4.74 Å². The van der Waals surface area contributed by atoms with Crippen LogP contribution in [0, 0.1) is 0 Å². The van der Waals surface area contributed by atoms with E-state index in [1.54, 1.807) is 0 Å². The number of hydrogen-bond donors (Lipinski definition) is 1. The van der Waals surface area contributed by atoms with Gasteiger partial charge < -0.3 is 14.8 Å². The zero-order valence-electron chi connectivity index (χ0n) is 14.3. The predicted molar refractivity (Wildman–Crippen MR) is 92.8 cm³/mol. The highest BCUT2D eigenvalue weighted by Crippen LogP contribution is 2.20. The molecule has 2 rings (SSSR count). The fourth-order valence-electron chi connectivity index (χ4n) is 2.61. The summed E-state index contributed by atoms with van der Waals surface area (Å²) in [5.41, 5.74) is 0.932. The molecule has 0 bridgehead atoms. The van der Waals surface area contributed by atoms with E-state index >= 15 is 0 Å². The second kappa shape index (κ2) is 8.82. The number of benzene rings is 2. The normalized spacial score (nSPS) is 11.6. The highest BCUT2D eigenvalue weighted by atomic mass is 16.5. The van der Waals surface area contributed by atoms with Crippen molar-refractivity contribution >= 4 is 28.6 Å². The van der Waals surface area contributed by atoms with Gasteiger partial charge in [0.2, 0.25) is 5.91 Å². The number of fused-ring (bicyclic) bond motifs is 1. The topological polar surface area (TPSA) is 81.7 Å². The Bertz CT molecular complexity index is 766. The van der Waals surface area contributed by atoms with E-state index in [0.29, 0.717) is 6.42 Å². The first-order valence-corrected chi connectivity index (χ1v) is 7.95. The number of ether oxygens (including phenoxy) is 2. The van der Waals surface area contributed by atoms with Gasteiger partial charge in [0, 0.05) is 12.8 Å². The molecule has 6 heteroatoms. The number of carbonyl (C=O) groups excluding carboxylic acids is 3. The maximum Gasteiger partial charge on any atom is 0.328 e. The van der Waals surface area contributed by atoms with Gasteiger partial charge in [-0.05, 0) is 16.3 Å². The summed E-state index contributed by atoms with van der Waals surface area (Å²) >= 11 is 0. The lowest BCUT2D eigenvalue weighted by atomic mass is 9.98. The van der Waals surface area contributed by atoms with E-state index in [2.05, 4.69) is 10.1 Å². The van der Waals surface area contributed by atoms with Gasteiger partial charge in [-0.2, -0.15) is 0 Å². The van der Waals surface area contributed by atoms with Gasteiger partial charge in [0.05, 0.1) is 20.6 Å². The van der Waals surface area contributed by atoms with Gasteiger partial charge in [-0.15, -0.1) is 0 Å². The van der Waals surface area contributed by atoms with Crippen molar-refractivity contribution in [1.82, 2.24) is 5.32 Å². The molecule has 0 aliphatic rings. The molecule has 6 nitrogen and oxygen atoms in total. The van der Waals surface area contributed by atoms with Crippen LogP contribution in [-0.2, 0) is 30.3 Å². The van der Waals surface area contributed by atoms with E-state index in [1.165, 1.54) is 14.2 Å². The molecule has 0 spiro atoms. The van der Waals surface area contributed by atoms with E-state index in [-0.39, 0.29) is 12.8 Å². The fraction of sp³-hybridized carbons (Fsp3) is 0.316. The third-order valence-electron chi connectivity index (χ3n) is 3.91. The zero-order chi connectivity index (χ0) is 18.2. The summed E-state index contributed by atoms with van der Waals surface area (Å²) in [4.78, 5) is 35.2. The lowest BCUT2D eigenvalue weighted by Gasteiger charge is -2.17. The number of methoxy groups -OCH3 is 2. The van der Waals surface area contributed by atoms with E-state index in [9.17, 15) is 14.4 Å². The number of hydrogen-bond acceptors (Lipinski definition) is 5. The summed E-state index contributed by atoms with van der Waals surface area (Å²) in [6, 6.07) is 12.8. The summed E-state index contributed by atoms with van der Waals surface area (Å²) < 4.78 is 9.31. The van der Waals surface area contributed by atoms with Crippen molar-refractivity contribution in [1.29, 1.82) is 0 Å². The third-order valence-corrected chi connectivity index (χ3v) is 3.91. The maximum atomic E-state index is 12.1. The third kappa shape index (κ3) is 5.04. The first-order valence-electron chi connectivity index (χ1n) is 7.95. The Hall–Kier alpha value is -2.89. The molecule has 0 saturated carbocycles. The Morgan fingerprint density at radius 1 is 0.960 bits per heavy atom. The fourth-order valence-corrected chi connectivity index (χ4v) is 2.61. The SMILES string of the molecule is COC(=O)CCC(=O)N[C@H](Cc1cccc2ccccc12)C(=O)OC. The van der Waals surface area contributed by atoms with E-state index < -0.39 is 23.9 Å². The number of nitrogens with one attached hydrogen (secondary N) is 1. The molecule has 0 unspecified atom stereocenters. The van der Waals surface area contributed by atoms with E-state index in [1.807, 2.05) is 42.5 Å². The molecule has 0 heterocycles. The van der Waals surface area contributed by atoms with Crippen LogP contribution in [-0.4, -0.2) is 38.1 Å². The molecule has 0 saturated heterocycles. The van der Waals surface area contributed by atoms with Crippen LogP contribution in [0.5, 0.6) is 0 Å². The van der Waals surface area contributed by atoms with Crippen LogP contribution in [0.3, 0.4) is 0 Å². The highest BCUT2D eigenvalue weighted by molar-refractivity contribution is 5.89. The maximum absolute atomic E-state index is 12.1. The zero-order valence-corrected chi connectivity index (χ0v) is 14.3. The van der Waals surface area contributed by atoms with Crippen molar-refractivity contribution in [2.24, 2.45) is 0 Å². The molecular formula is C19H21NO5. The average Bonchev–Trinajstić information content (AvgIpc) is 2.65. The van der Waals surface area contributed by atoms with Crippen LogP contribution in [0.25, 0.3) is 10.8 Å². The van der Waals surface area contributed by atoms with Gasteiger partial charge >= 0.3 is 11.9 Å². The van der Waals surface area contributed by atoms with Gasteiger partial charge in [-0.3, -0.25) is 9.59 Å². The summed E-state index contributed by atoms with van der Waals surface area (Å²) in [5, 5.41) is 4.71. The lowest BCUT2D eigenvalue weighted by molar-refractivity contribution is -0.145. The van der Waals surface area contributed by atoms with Crippen molar-refractivity contribution in [2.75, 3.05) is 14.2 Å². The Morgan fingerprint density at radius 3 is 2.40 bits per heavy atom. The van der Waals surface area contributed by atoms with Crippen LogP contribution in [0.4, 0.5) is 0 Å². The van der Waals surface area contributed by atoms with Crippen molar-refractivity contribution in [3.8, 4) is 0 Å². The first kappa shape index (κ1) is 18.4. The minimum Gasteiger partial charge on any atom is -0.469 e. The molecule has 132 valence electrons. The summed E-state index contributed by atoms with van der Waals surface area (Å²) in [5.74, 6) is -1.40. The Kier molecular flexibility index (Phi) is 6.51. The Morgan fingerprint density at radius 2 is 1.68 bits per heavy atom. The molecule has 1 N–H and O–H groups in total. The van der Waals surface area contributed by atoms with E-state index in [0.717, 1.165) is 16.3 Å². The summed E-state index contributed by atoms with van der Waals surface area (Å²) in [7, 11) is 2.54. The predicted octanol–water partition coefficient (Wildman–Crippen LogP) is 1.99. The van der Waals surface area contributed by atoms with Crippen LogP contribution >= 0.6 is 0 Å². The van der Waals surface area contributed by atoms with Gasteiger partial charge in [0.25, 0.3) is 0 Å². The average molecular weight is 343 g/mol. The molecule has 0 aliphatic heterocycles. The number of esters is 2. The summed E-state index contributed by atoms with van der Waals surface area (Å²) in [6.45, 7) is 0. The number of amides is 1. The molecule has 25 heavy (non-hydrogen) atoms. The number of rotatable bonds is 7. The van der Waals surface area contributed by atoms with Crippen LogP contribution in [0.15, 0.2) is 42.5 Å². The lowest BCUT2D eigenvalue weighted by Crippen LogP contribution is -2.43. The highest BCUT2D eigenvalue weighted by Gasteiger charge is 2.23.